The second-order valence-electron chi connectivity index (χ2n) is 6.06. The molecule has 1 atom stereocenters. The maximum atomic E-state index is 12.8. The maximum Gasteiger partial charge on any atom is 0.308 e. The zero-order valence-corrected chi connectivity index (χ0v) is 14.0. The van der Waals surface area contributed by atoms with Crippen LogP contribution in [0, 0.1) is 5.92 Å². The van der Waals surface area contributed by atoms with E-state index in [9.17, 15) is 14.7 Å². The van der Waals surface area contributed by atoms with Gasteiger partial charge in [-0.15, -0.1) is 0 Å². The number of ether oxygens (including phenoxy) is 1. The molecular formula is C19H20N2O4. The van der Waals surface area contributed by atoms with E-state index < -0.39 is 11.9 Å². The lowest BCUT2D eigenvalue weighted by Crippen LogP contribution is -2.42. The zero-order chi connectivity index (χ0) is 17.8. The van der Waals surface area contributed by atoms with Crippen LogP contribution in [-0.2, 0) is 4.79 Å². The van der Waals surface area contributed by atoms with E-state index in [4.69, 9.17) is 4.74 Å². The predicted molar refractivity (Wildman–Crippen MR) is 92.5 cm³/mol. The molecule has 0 spiro atoms. The van der Waals surface area contributed by atoms with Gasteiger partial charge in [-0.05, 0) is 43.2 Å². The van der Waals surface area contributed by atoms with Gasteiger partial charge in [-0.1, -0.05) is 6.07 Å². The third-order valence-electron chi connectivity index (χ3n) is 4.45. The first kappa shape index (κ1) is 17.0. The normalized spacial score (nSPS) is 17.2. The van der Waals surface area contributed by atoms with Crippen molar-refractivity contribution in [3.63, 3.8) is 0 Å². The van der Waals surface area contributed by atoms with Crippen LogP contribution in [0.3, 0.4) is 0 Å². The monoisotopic (exact) mass is 340 g/mol. The number of methoxy groups -OCH3 is 1. The molecule has 3 rings (SSSR count). The standard InChI is InChI=1S/C19H20N2O4/c1-25-17-8-7-13(11-15(17)16-6-2-3-9-20-16)18(22)21-10-4-5-14(12-21)19(23)24/h2-3,6-9,11,14H,4-5,10,12H2,1H3,(H,23,24). The number of nitrogens with zero attached hydrogens (tertiary/aromatic N) is 2. The molecule has 6 heteroatoms. The molecule has 1 aliphatic heterocycles. The molecule has 1 unspecified atom stereocenters. The van der Waals surface area contributed by atoms with E-state index in [1.165, 1.54) is 0 Å². The lowest BCUT2D eigenvalue weighted by atomic mass is 9.97. The van der Waals surface area contributed by atoms with Crippen molar-refractivity contribution in [1.82, 2.24) is 9.88 Å². The Hall–Kier alpha value is -2.89. The number of carbonyl (C=O) groups is 2. The molecule has 1 aromatic heterocycles. The Morgan fingerprint density at radius 2 is 2.12 bits per heavy atom. The van der Waals surface area contributed by atoms with E-state index in [-0.39, 0.29) is 12.5 Å². The third-order valence-corrected chi connectivity index (χ3v) is 4.45. The molecule has 1 amide bonds. The molecule has 2 heterocycles. The third kappa shape index (κ3) is 3.63. The van der Waals surface area contributed by atoms with Gasteiger partial charge in [0.15, 0.2) is 0 Å². The number of amides is 1. The predicted octanol–water partition coefficient (Wildman–Crippen LogP) is 2.69. The zero-order valence-electron chi connectivity index (χ0n) is 14.0. The summed E-state index contributed by atoms with van der Waals surface area (Å²) >= 11 is 0. The molecule has 1 N–H and O–H groups in total. The Morgan fingerprint density at radius 1 is 1.28 bits per heavy atom. The van der Waals surface area contributed by atoms with Crippen molar-refractivity contribution < 1.29 is 19.4 Å². The number of carboxylic acid groups (broad SMARTS) is 1. The minimum Gasteiger partial charge on any atom is -0.496 e. The van der Waals surface area contributed by atoms with Crippen LogP contribution in [0.1, 0.15) is 23.2 Å². The smallest absolute Gasteiger partial charge is 0.308 e. The van der Waals surface area contributed by atoms with Crippen LogP contribution in [0.4, 0.5) is 0 Å². The summed E-state index contributed by atoms with van der Waals surface area (Å²) in [5, 5.41) is 9.21. The quantitative estimate of drug-likeness (QED) is 0.926. The lowest BCUT2D eigenvalue weighted by molar-refractivity contribution is -0.143. The lowest BCUT2D eigenvalue weighted by Gasteiger charge is -2.31. The Morgan fingerprint density at radius 3 is 2.80 bits per heavy atom. The van der Waals surface area contributed by atoms with Gasteiger partial charge >= 0.3 is 5.97 Å². The highest BCUT2D eigenvalue weighted by molar-refractivity contribution is 5.96. The number of carboxylic acids is 1. The number of pyridine rings is 1. The number of benzene rings is 1. The number of piperidine rings is 1. The SMILES string of the molecule is COc1ccc(C(=O)N2CCCC(C(=O)O)C2)cc1-c1ccccn1. The minimum absolute atomic E-state index is 0.161. The van der Waals surface area contributed by atoms with Gasteiger partial charge in [0.2, 0.25) is 0 Å². The van der Waals surface area contributed by atoms with E-state index in [0.717, 1.165) is 11.3 Å². The highest BCUT2D eigenvalue weighted by Gasteiger charge is 2.29. The van der Waals surface area contributed by atoms with E-state index in [1.807, 2.05) is 18.2 Å². The molecule has 1 saturated heterocycles. The molecule has 130 valence electrons. The first-order valence-electron chi connectivity index (χ1n) is 8.21. The van der Waals surface area contributed by atoms with Crippen molar-refractivity contribution in [2.45, 2.75) is 12.8 Å². The first-order valence-corrected chi connectivity index (χ1v) is 8.21. The molecule has 0 radical (unpaired) electrons. The van der Waals surface area contributed by atoms with Crippen LogP contribution in [0.15, 0.2) is 42.6 Å². The summed E-state index contributed by atoms with van der Waals surface area (Å²) in [6.07, 6.45) is 3.00. The van der Waals surface area contributed by atoms with Crippen LogP contribution < -0.4 is 4.74 Å². The van der Waals surface area contributed by atoms with Crippen LogP contribution in [0.5, 0.6) is 5.75 Å². The molecule has 0 saturated carbocycles. The van der Waals surface area contributed by atoms with Gasteiger partial charge in [-0.25, -0.2) is 0 Å². The number of aliphatic carboxylic acids is 1. The fraction of sp³-hybridized carbons (Fsp3) is 0.316. The number of carbonyl (C=O) groups excluding carboxylic acids is 1. The van der Waals surface area contributed by atoms with Crippen LogP contribution in [0.2, 0.25) is 0 Å². The average molecular weight is 340 g/mol. The second kappa shape index (κ2) is 7.34. The fourth-order valence-corrected chi connectivity index (χ4v) is 3.11. The van der Waals surface area contributed by atoms with Crippen LogP contribution in [-0.4, -0.2) is 47.1 Å². The molecule has 0 aliphatic carbocycles. The molecular weight excluding hydrogens is 320 g/mol. The number of hydrogen-bond acceptors (Lipinski definition) is 4. The number of aromatic nitrogens is 1. The van der Waals surface area contributed by atoms with E-state index >= 15 is 0 Å². The van der Waals surface area contributed by atoms with Gasteiger partial charge < -0.3 is 14.7 Å². The molecule has 2 aromatic rings. The van der Waals surface area contributed by atoms with Crippen molar-refractivity contribution >= 4 is 11.9 Å². The van der Waals surface area contributed by atoms with E-state index in [2.05, 4.69) is 4.98 Å². The Bertz CT molecular complexity index is 776. The highest BCUT2D eigenvalue weighted by Crippen LogP contribution is 2.30. The first-order chi connectivity index (χ1) is 12.1. The summed E-state index contributed by atoms with van der Waals surface area (Å²) in [7, 11) is 1.57. The summed E-state index contributed by atoms with van der Waals surface area (Å²) < 4.78 is 5.39. The number of likely N-dealkylation sites (tertiary alicyclic amines) is 1. The van der Waals surface area contributed by atoms with E-state index in [0.29, 0.717) is 30.7 Å². The summed E-state index contributed by atoms with van der Waals surface area (Å²) in [6.45, 7) is 0.826. The molecule has 25 heavy (non-hydrogen) atoms. The van der Waals surface area contributed by atoms with Gasteiger partial charge in [0.1, 0.15) is 5.75 Å². The second-order valence-corrected chi connectivity index (χ2v) is 6.06. The van der Waals surface area contributed by atoms with Gasteiger partial charge in [0.05, 0.1) is 18.7 Å². The Kier molecular flexibility index (Phi) is 4.97. The molecule has 1 aromatic carbocycles. The minimum atomic E-state index is -0.846. The van der Waals surface area contributed by atoms with Crippen LogP contribution >= 0.6 is 0 Å². The Labute approximate surface area is 146 Å². The van der Waals surface area contributed by atoms with E-state index in [1.54, 1.807) is 36.4 Å². The molecule has 6 nitrogen and oxygen atoms in total. The van der Waals surface area contributed by atoms with Crippen molar-refractivity contribution in [2.24, 2.45) is 5.92 Å². The van der Waals surface area contributed by atoms with Gasteiger partial charge in [0.25, 0.3) is 5.91 Å². The van der Waals surface area contributed by atoms with Crippen molar-refractivity contribution in [3.8, 4) is 17.0 Å². The van der Waals surface area contributed by atoms with Crippen molar-refractivity contribution in [3.05, 3.63) is 48.2 Å². The highest BCUT2D eigenvalue weighted by atomic mass is 16.5. The largest absolute Gasteiger partial charge is 0.496 e. The number of hydrogen-bond donors (Lipinski definition) is 1. The summed E-state index contributed by atoms with van der Waals surface area (Å²) in [4.78, 5) is 30.0. The van der Waals surface area contributed by atoms with Crippen molar-refractivity contribution in [2.75, 3.05) is 20.2 Å². The van der Waals surface area contributed by atoms with Gasteiger partial charge in [-0.2, -0.15) is 0 Å². The molecule has 1 fully saturated rings. The molecule has 1 aliphatic rings. The summed E-state index contributed by atoms with van der Waals surface area (Å²) in [5.41, 5.74) is 1.96. The fourth-order valence-electron chi connectivity index (χ4n) is 3.11. The number of rotatable bonds is 4. The van der Waals surface area contributed by atoms with Crippen LogP contribution in [0.25, 0.3) is 11.3 Å². The summed E-state index contributed by atoms with van der Waals surface area (Å²) in [6, 6.07) is 10.8. The van der Waals surface area contributed by atoms with Gasteiger partial charge in [0, 0.05) is 30.4 Å². The average Bonchev–Trinajstić information content (AvgIpc) is 2.67. The van der Waals surface area contributed by atoms with Gasteiger partial charge in [-0.3, -0.25) is 14.6 Å². The Balaban J connectivity index is 1.90. The topological polar surface area (TPSA) is 79.7 Å². The molecule has 0 bridgehead atoms. The van der Waals surface area contributed by atoms with Crippen molar-refractivity contribution in [1.29, 1.82) is 0 Å². The summed E-state index contributed by atoms with van der Waals surface area (Å²) in [5.74, 6) is -0.865. The maximum absolute atomic E-state index is 12.8.